The molecule has 0 spiro atoms. The highest BCUT2D eigenvalue weighted by Gasteiger charge is 2.48. The number of aromatic nitrogens is 3. The van der Waals surface area contributed by atoms with Crippen LogP contribution in [0.2, 0.25) is 0 Å². The first-order valence-corrected chi connectivity index (χ1v) is 14.4. The summed E-state index contributed by atoms with van der Waals surface area (Å²) >= 11 is 0. The van der Waals surface area contributed by atoms with E-state index in [1.165, 1.54) is 5.56 Å². The van der Waals surface area contributed by atoms with Crippen molar-refractivity contribution < 1.29 is 26.3 Å². The molecule has 2 atom stereocenters. The van der Waals surface area contributed by atoms with Crippen LogP contribution in [0, 0.1) is 5.92 Å². The van der Waals surface area contributed by atoms with E-state index in [2.05, 4.69) is 28.3 Å². The Morgan fingerprint density at radius 2 is 1.89 bits per heavy atom. The molecule has 2 aromatic heterocycles. The van der Waals surface area contributed by atoms with Crippen LogP contribution in [0.1, 0.15) is 43.6 Å². The predicted molar refractivity (Wildman–Crippen MR) is 138 cm³/mol. The molecule has 1 aliphatic heterocycles. The number of nitrogens with zero attached hydrogens (tertiary/aromatic N) is 4. The molecule has 8 nitrogen and oxygen atoms in total. The number of aryl methyl sites for hydroxylation is 1. The van der Waals surface area contributed by atoms with Crippen molar-refractivity contribution in [2.45, 2.75) is 55.7 Å². The third-order valence-corrected chi connectivity index (χ3v) is 9.00. The van der Waals surface area contributed by atoms with Gasteiger partial charge in [-0.1, -0.05) is 12.1 Å². The van der Waals surface area contributed by atoms with Gasteiger partial charge in [-0.2, -0.15) is 18.3 Å². The van der Waals surface area contributed by atoms with Crippen molar-refractivity contribution in [2.75, 3.05) is 24.6 Å². The molecule has 2 fully saturated rings. The zero-order valence-electron chi connectivity index (χ0n) is 21.1. The van der Waals surface area contributed by atoms with Gasteiger partial charge in [-0.3, -0.25) is 4.68 Å². The van der Waals surface area contributed by atoms with Gasteiger partial charge < -0.3 is 9.64 Å². The van der Waals surface area contributed by atoms with Gasteiger partial charge in [-0.05, 0) is 73.8 Å². The number of hydrogen-bond acceptors (Lipinski definition) is 6. The van der Waals surface area contributed by atoms with E-state index in [0.29, 0.717) is 24.9 Å². The summed E-state index contributed by atoms with van der Waals surface area (Å²) in [7, 11) is -3.55. The van der Waals surface area contributed by atoms with Crippen molar-refractivity contribution in [1.82, 2.24) is 19.5 Å². The van der Waals surface area contributed by atoms with Gasteiger partial charge in [0, 0.05) is 38.3 Å². The molecule has 206 valence electrons. The number of piperidine rings is 1. The highest BCUT2D eigenvalue weighted by molar-refractivity contribution is 7.90. The number of sulfonamides is 1. The zero-order chi connectivity index (χ0) is 26.9. The maximum atomic E-state index is 13.1. The van der Waals surface area contributed by atoms with E-state index < -0.39 is 27.7 Å². The first kappa shape index (κ1) is 26.9. The molecular weight excluding hydrogens is 519 g/mol. The SMILES string of the molecule is Cn1ncc2cc(C3CCC(CO[C@@H]4CN(c5ccccn5)CC[C@@H]4NS(=O)(=O)C(F)(F)F)CC3)ccc21. The molecule has 1 aliphatic carbocycles. The zero-order valence-corrected chi connectivity index (χ0v) is 22.0. The largest absolute Gasteiger partial charge is 0.511 e. The molecule has 38 heavy (non-hydrogen) atoms. The van der Waals surface area contributed by atoms with Gasteiger partial charge in [-0.15, -0.1) is 0 Å². The van der Waals surface area contributed by atoms with E-state index in [-0.39, 0.29) is 18.9 Å². The third kappa shape index (κ3) is 5.81. The van der Waals surface area contributed by atoms with Crippen LogP contribution in [0.15, 0.2) is 48.8 Å². The van der Waals surface area contributed by atoms with Crippen LogP contribution in [0.5, 0.6) is 0 Å². The molecule has 3 aromatic rings. The molecule has 0 amide bonds. The Hall–Kier alpha value is -2.70. The van der Waals surface area contributed by atoms with E-state index in [0.717, 1.165) is 36.6 Å². The van der Waals surface area contributed by atoms with Gasteiger partial charge in [0.15, 0.2) is 0 Å². The minimum absolute atomic E-state index is 0.181. The minimum Gasteiger partial charge on any atom is -0.374 e. The summed E-state index contributed by atoms with van der Waals surface area (Å²) < 4.78 is 72.8. The molecule has 1 saturated carbocycles. The predicted octanol–water partition coefficient (Wildman–Crippen LogP) is 4.35. The molecule has 0 radical (unpaired) electrons. The molecular formula is C26H32F3N5O3S. The molecule has 5 rings (SSSR count). The van der Waals surface area contributed by atoms with Gasteiger partial charge in [0.1, 0.15) is 5.82 Å². The van der Waals surface area contributed by atoms with Crippen LogP contribution in [0.25, 0.3) is 10.9 Å². The summed E-state index contributed by atoms with van der Waals surface area (Å²) in [6.45, 7) is 0.996. The number of pyridine rings is 1. The molecule has 1 N–H and O–H groups in total. The lowest BCUT2D eigenvalue weighted by atomic mass is 9.79. The molecule has 1 aromatic carbocycles. The van der Waals surface area contributed by atoms with Crippen molar-refractivity contribution in [1.29, 1.82) is 0 Å². The topological polar surface area (TPSA) is 89.3 Å². The summed E-state index contributed by atoms with van der Waals surface area (Å²) in [4.78, 5) is 6.25. The Kier molecular flexibility index (Phi) is 7.65. The van der Waals surface area contributed by atoms with Gasteiger partial charge >= 0.3 is 15.5 Å². The number of ether oxygens (including phenoxy) is 1. The molecule has 0 unspecified atom stereocenters. The van der Waals surface area contributed by atoms with Crippen molar-refractivity contribution in [3.05, 3.63) is 54.4 Å². The van der Waals surface area contributed by atoms with Crippen molar-refractivity contribution >= 4 is 26.7 Å². The number of nitrogens with one attached hydrogen (secondary N) is 1. The summed E-state index contributed by atoms with van der Waals surface area (Å²) in [5, 5.41) is 5.44. The first-order chi connectivity index (χ1) is 18.1. The van der Waals surface area contributed by atoms with E-state index >= 15 is 0 Å². The standard InChI is InChI=1S/C26H32F3N5O3S/c1-33-23-10-9-20(14-21(23)15-31-33)19-7-5-18(6-8-19)17-37-24-16-34(25-4-2-3-12-30-25)13-11-22(24)32-38(35,36)26(27,28)29/h2-4,9-10,12,14-15,18-19,22,24,32H,5-8,11,13,16-17H2,1H3/t18?,19?,22-,24+/m0/s1. The first-order valence-electron chi connectivity index (χ1n) is 12.9. The van der Waals surface area contributed by atoms with Crippen LogP contribution in [0.4, 0.5) is 19.0 Å². The molecule has 3 heterocycles. The second-order valence-corrected chi connectivity index (χ2v) is 12.0. The average molecular weight is 552 g/mol. The van der Waals surface area contributed by atoms with Crippen LogP contribution < -0.4 is 9.62 Å². The molecule has 2 aliphatic rings. The number of hydrogen-bond donors (Lipinski definition) is 1. The molecule has 12 heteroatoms. The molecule has 0 bridgehead atoms. The monoisotopic (exact) mass is 551 g/mol. The second-order valence-electron chi connectivity index (χ2n) is 10.3. The quantitative estimate of drug-likeness (QED) is 0.470. The third-order valence-electron chi connectivity index (χ3n) is 7.78. The van der Waals surface area contributed by atoms with Gasteiger partial charge in [0.2, 0.25) is 0 Å². The lowest BCUT2D eigenvalue weighted by Crippen LogP contribution is -2.57. The normalized spacial score (nSPS) is 25.1. The fourth-order valence-corrected chi connectivity index (χ4v) is 6.40. The number of halogens is 3. The Morgan fingerprint density at radius 1 is 1.11 bits per heavy atom. The van der Waals surface area contributed by atoms with E-state index in [1.54, 1.807) is 12.3 Å². The van der Waals surface area contributed by atoms with Crippen molar-refractivity contribution in [3.63, 3.8) is 0 Å². The fourth-order valence-electron chi connectivity index (χ4n) is 5.59. The summed E-state index contributed by atoms with van der Waals surface area (Å²) in [6.07, 6.45) is 6.84. The molecule has 1 saturated heterocycles. The Labute approximate surface area is 220 Å². The second kappa shape index (κ2) is 10.8. The van der Waals surface area contributed by atoms with Crippen LogP contribution in [-0.2, 0) is 21.8 Å². The number of rotatable bonds is 7. The number of anilines is 1. The average Bonchev–Trinajstić information content (AvgIpc) is 3.28. The Bertz CT molecular complexity index is 1340. The summed E-state index contributed by atoms with van der Waals surface area (Å²) in [6, 6.07) is 10.9. The maximum absolute atomic E-state index is 13.1. The van der Waals surface area contributed by atoms with Gasteiger partial charge in [0.25, 0.3) is 0 Å². The minimum atomic E-state index is -5.48. The number of benzene rings is 1. The van der Waals surface area contributed by atoms with E-state index in [9.17, 15) is 21.6 Å². The number of alkyl halides is 3. The van der Waals surface area contributed by atoms with Gasteiger partial charge in [0.05, 0.1) is 23.9 Å². The van der Waals surface area contributed by atoms with Crippen molar-refractivity contribution in [3.8, 4) is 0 Å². The summed E-state index contributed by atoms with van der Waals surface area (Å²) in [5.74, 6) is 1.39. The lowest BCUT2D eigenvalue weighted by molar-refractivity contribution is -0.0470. The highest BCUT2D eigenvalue weighted by Crippen LogP contribution is 2.37. The van der Waals surface area contributed by atoms with E-state index in [4.69, 9.17) is 4.74 Å². The van der Waals surface area contributed by atoms with E-state index in [1.807, 2.05) is 39.7 Å². The van der Waals surface area contributed by atoms with Crippen LogP contribution in [0.3, 0.4) is 0 Å². The van der Waals surface area contributed by atoms with Crippen LogP contribution >= 0.6 is 0 Å². The Morgan fingerprint density at radius 3 is 2.61 bits per heavy atom. The highest BCUT2D eigenvalue weighted by atomic mass is 32.2. The van der Waals surface area contributed by atoms with Crippen molar-refractivity contribution in [2.24, 2.45) is 13.0 Å². The number of fused-ring (bicyclic) bond motifs is 1. The van der Waals surface area contributed by atoms with Gasteiger partial charge in [-0.25, -0.2) is 18.1 Å². The fraction of sp³-hybridized carbons (Fsp3) is 0.538. The lowest BCUT2D eigenvalue weighted by Gasteiger charge is -2.40. The smallest absolute Gasteiger partial charge is 0.374 e. The van der Waals surface area contributed by atoms with Crippen LogP contribution in [-0.4, -0.2) is 60.5 Å². The maximum Gasteiger partial charge on any atom is 0.511 e. The summed E-state index contributed by atoms with van der Waals surface area (Å²) in [5.41, 5.74) is -2.98. The Balaban J connectivity index is 1.21.